The van der Waals surface area contributed by atoms with Crippen LogP contribution in [-0.4, -0.2) is 24.0 Å². The number of carbonyl (C=O) groups excluding carboxylic acids is 1. The molecule has 0 spiro atoms. The first-order valence-electron chi connectivity index (χ1n) is 5.20. The van der Waals surface area contributed by atoms with Gasteiger partial charge in [-0.2, -0.15) is 5.26 Å². The van der Waals surface area contributed by atoms with Gasteiger partial charge < -0.3 is 10.1 Å². The van der Waals surface area contributed by atoms with Crippen molar-refractivity contribution in [2.75, 3.05) is 13.2 Å². The van der Waals surface area contributed by atoms with Crippen molar-refractivity contribution in [3.8, 4) is 24.2 Å². The molecule has 0 atom stereocenters. The summed E-state index contributed by atoms with van der Waals surface area (Å²) in [5.41, 5.74) is -0.219. The number of carbonyl (C=O) groups is 1. The molecule has 0 aliphatic rings. The molecular weight excluding hydrogens is 377 g/mol. The van der Waals surface area contributed by atoms with Gasteiger partial charge in [-0.3, -0.25) is 14.9 Å². The van der Waals surface area contributed by atoms with Crippen LogP contribution in [0.3, 0.4) is 0 Å². The fourth-order valence-electron chi connectivity index (χ4n) is 1.26. The van der Waals surface area contributed by atoms with Crippen LogP contribution < -0.4 is 10.1 Å². The zero-order valence-corrected chi connectivity index (χ0v) is 12.2. The number of nitrogens with zero attached hydrogens (tertiary/aromatic N) is 2. The normalized spacial score (nSPS) is 9.15. The highest BCUT2D eigenvalue weighted by molar-refractivity contribution is 14.1. The number of nitro benzene ring substituents is 1. The molecule has 0 saturated carbocycles. The number of nitrogens with one attached hydrogen (secondary N) is 1. The molecule has 1 rings (SSSR count). The fraction of sp³-hybridized carbons (Fsp3) is 0.167. The van der Waals surface area contributed by atoms with Crippen molar-refractivity contribution in [3.63, 3.8) is 0 Å². The van der Waals surface area contributed by atoms with E-state index in [4.69, 9.17) is 16.4 Å². The van der Waals surface area contributed by atoms with Crippen LogP contribution in [0.1, 0.15) is 5.56 Å². The Hall–Kier alpha value is -2.33. The second-order valence-corrected chi connectivity index (χ2v) is 4.61. The summed E-state index contributed by atoms with van der Waals surface area (Å²) in [7, 11) is 0. The molecule has 0 aliphatic heterocycles. The largest absolute Gasteiger partial charge is 0.476 e. The number of hydrogen-bond acceptors (Lipinski definition) is 5. The van der Waals surface area contributed by atoms with E-state index >= 15 is 0 Å². The van der Waals surface area contributed by atoms with Gasteiger partial charge in [0.1, 0.15) is 0 Å². The minimum atomic E-state index is -0.669. The summed E-state index contributed by atoms with van der Waals surface area (Å²) in [6.45, 7) is -0.348. The summed E-state index contributed by atoms with van der Waals surface area (Å²) in [5.74, 6) is 1.68. The molecule has 0 bridgehead atoms. The van der Waals surface area contributed by atoms with Gasteiger partial charge in [-0.05, 0) is 28.7 Å². The van der Waals surface area contributed by atoms with Crippen molar-refractivity contribution in [3.05, 3.63) is 31.4 Å². The van der Waals surface area contributed by atoms with Gasteiger partial charge in [-0.15, -0.1) is 6.42 Å². The third-order valence-corrected chi connectivity index (χ3v) is 2.89. The van der Waals surface area contributed by atoms with Crippen molar-refractivity contribution < 1.29 is 14.5 Å². The summed E-state index contributed by atoms with van der Waals surface area (Å²) in [4.78, 5) is 21.6. The number of amides is 1. The maximum atomic E-state index is 11.3. The molecule has 7 nitrogen and oxygen atoms in total. The quantitative estimate of drug-likeness (QED) is 0.355. The van der Waals surface area contributed by atoms with Gasteiger partial charge in [0, 0.05) is 6.07 Å². The van der Waals surface area contributed by atoms with E-state index in [9.17, 15) is 14.9 Å². The lowest BCUT2D eigenvalue weighted by Crippen LogP contribution is -2.29. The van der Waals surface area contributed by atoms with Crippen LogP contribution in [0.5, 0.6) is 5.75 Å². The Bertz CT molecular complexity index is 631. The van der Waals surface area contributed by atoms with Crippen LogP contribution in [0, 0.1) is 37.4 Å². The molecule has 0 fully saturated rings. The number of halogens is 1. The Labute approximate surface area is 128 Å². The first kappa shape index (κ1) is 15.7. The van der Waals surface area contributed by atoms with E-state index in [0.29, 0.717) is 3.57 Å². The van der Waals surface area contributed by atoms with Crippen molar-refractivity contribution in [1.29, 1.82) is 5.26 Å². The van der Waals surface area contributed by atoms with E-state index < -0.39 is 17.4 Å². The van der Waals surface area contributed by atoms with Gasteiger partial charge >= 0.3 is 5.69 Å². The number of nitriles is 1. The van der Waals surface area contributed by atoms with Crippen LogP contribution in [0.4, 0.5) is 5.69 Å². The first-order chi connectivity index (χ1) is 9.49. The van der Waals surface area contributed by atoms with Gasteiger partial charge in [0.25, 0.3) is 5.91 Å². The lowest BCUT2D eigenvalue weighted by molar-refractivity contribution is -0.385. The Balaban J connectivity index is 2.95. The molecule has 0 aromatic heterocycles. The number of nitro groups is 1. The highest BCUT2D eigenvalue weighted by Gasteiger charge is 2.21. The molecule has 0 unspecified atom stereocenters. The summed E-state index contributed by atoms with van der Waals surface area (Å²) < 4.78 is 5.52. The highest BCUT2D eigenvalue weighted by Crippen LogP contribution is 2.33. The maximum absolute atomic E-state index is 11.3. The third-order valence-electron chi connectivity index (χ3n) is 2.09. The molecule has 1 N–H and O–H groups in total. The van der Waals surface area contributed by atoms with Gasteiger partial charge in [0.05, 0.1) is 26.7 Å². The second-order valence-electron chi connectivity index (χ2n) is 3.44. The molecule has 0 saturated heterocycles. The maximum Gasteiger partial charge on any atom is 0.313 e. The van der Waals surface area contributed by atoms with Crippen molar-refractivity contribution in [2.24, 2.45) is 0 Å². The van der Waals surface area contributed by atoms with Gasteiger partial charge in [0.2, 0.25) is 5.75 Å². The molecule has 20 heavy (non-hydrogen) atoms. The lowest BCUT2D eigenvalue weighted by Gasteiger charge is -2.08. The van der Waals surface area contributed by atoms with Crippen molar-refractivity contribution in [1.82, 2.24) is 5.32 Å². The van der Waals surface area contributed by atoms with Crippen LogP contribution in [-0.2, 0) is 4.79 Å². The number of hydrogen-bond donors (Lipinski definition) is 1. The number of terminal acetylenes is 1. The molecule has 1 aromatic carbocycles. The van der Waals surface area contributed by atoms with Gasteiger partial charge in [-0.1, -0.05) is 5.92 Å². The van der Waals surface area contributed by atoms with E-state index in [-0.39, 0.29) is 23.5 Å². The molecule has 0 aliphatic carbocycles. The van der Waals surface area contributed by atoms with Gasteiger partial charge in [-0.25, -0.2) is 0 Å². The third kappa shape index (κ3) is 4.10. The zero-order valence-electron chi connectivity index (χ0n) is 10.1. The second kappa shape index (κ2) is 7.31. The highest BCUT2D eigenvalue weighted by atomic mass is 127. The Morgan fingerprint density at radius 1 is 1.60 bits per heavy atom. The minimum Gasteiger partial charge on any atom is -0.476 e. The molecule has 0 radical (unpaired) electrons. The lowest BCUT2D eigenvalue weighted by atomic mass is 10.2. The fourth-order valence-corrected chi connectivity index (χ4v) is 2.03. The van der Waals surface area contributed by atoms with Crippen LogP contribution >= 0.6 is 22.6 Å². The molecule has 1 aromatic rings. The molecule has 0 heterocycles. The summed E-state index contributed by atoms with van der Waals surface area (Å²) >= 11 is 1.80. The Morgan fingerprint density at radius 3 is 2.85 bits per heavy atom. The zero-order chi connectivity index (χ0) is 15.1. The van der Waals surface area contributed by atoms with Crippen molar-refractivity contribution in [2.45, 2.75) is 0 Å². The van der Waals surface area contributed by atoms with Crippen LogP contribution in [0.2, 0.25) is 0 Å². The van der Waals surface area contributed by atoms with E-state index in [1.54, 1.807) is 22.6 Å². The predicted octanol–water partition coefficient (Wildman–Crippen LogP) is 1.20. The monoisotopic (exact) mass is 385 g/mol. The average Bonchev–Trinajstić information content (AvgIpc) is 2.42. The number of ether oxygens (including phenoxy) is 1. The Kier molecular flexibility index (Phi) is 5.74. The van der Waals surface area contributed by atoms with Gasteiger partial charge in [0.15, 0.2) is 6.61 Å². The summed E-state index contributed by atoms with van der Waals surface area (Å²) in [6.07, 6.45) is 4.98. The van der Waals surface area contributed by atoms with E-state index in [2.05, 4.69) is 11.2 Å². The standard InChI is InChI=1S/C12H8IN3O4/c1-2-3-15-11(17)7-20-12-9(13)4-8(6-14)5-10(12)16(18)19/h1,4-5H,3,7H2,(H,15,17). The van der Waals surface area contributed by atoms with Crippen LogP contribution in [0.15, 0.2) is 12.1 Å². The van der Waals surface area contributed by atoms with E-state index in [1.165, 1.54) is 6.07 Å². The smallest absolute Gasteiger partial charge is 0.313 e. The molecule has 1 amide bonds. The molecular formula is C12H8IN3O4. The van der Waals surface area contributed by atoms with Crippen molar-refractivity contribution >= 4 is 34.2 Å². The summed E-state index contributed by atoms with van der Waals surface area (Å²) in [5, 5.41) is 22.1. The van der Waals surface area contributed by atoms with E-state index in [0.717, 1.165) is 6.07 Å². The molecule has 102 valence electrons. The first-order valence-corrected chi connectivity index (χ1v) is 6.28. The number of benzene rings is 1. The topological polar surface area (TPSA) is 105 Å². The molecule has 8 heteroatoms. The Morgan fingerprint density at radius 2 is 2.30 bits per heavy atom. The predicted molar refractivity (Wildman–Crippen MR) is 77.9 cm³/mol. The SMILES string of the molecule is C#CCNC(=O)COc1c(I)cc(C#N)cc1[N+](=O)[O-]. The average molecular weight is 385 g/mol. The summed E-state index contributed by atoms with van der Waals surface area (Å²) in [6, 6.07) is 4.34. The van der Waals surface area contributed by atoms with Crippen LogP contribution in [0.25, 0.3) is 0 Å². The minimum absolute atomic E-state index is 0.0503. The number of rotatable bonds is 5. The van der Waals surface area contributed by atoms with E-state index in [1.807, 2.05) is 6.07 Å².